The van der Waals surface area contributed by atoms with E-state index in [1.807, 2.05) is 27.7 Å². The van der Waals surface area contributed by atoms with Gasteiger partial charge in [-0.2, -0.15) is 0 Å². The van der Waals surface area contributed by atoms with E-state index in [0.29, 0.717) is 12.1 Å². The molecular formula is C24H36N2O6. The van der Waals surface area contributed by atoms with Crippen molar-refractivity contribution in [1.29, 1.82) is 0 Å². The quantitative estimate of drug-likeness (QED) is 0.474. The van der Waals surface area contributed by atoms with Crippen molar-refractivity contribution in [2.24, 2.45) is 5.41 Å². The molecule has 32 heavy (non-hydrogen) atoms. The van der Waals surface area contributed by atoms with Gasteiger partial charge in [-0.1, -0.05) is 26.0 Å². The Hall–Kier alpha value is -2.74. The second kappa shape index (κ2) is 11.8. The Morgan fingerprint density at radius 2 is 1.59 bits per heavy atom. The number of rotatable bonds is 12. The summed E-state index contributed by atoms with van der Waals surface area (Å²) < 4.78 is 10.8. The number of ether oxygens (including phenoxy) is 2. The number of benzene rings is 1. The van der Waals surface area contributed by atoms with Gasteiger partial charge in [0.2, 0.25) is 11.8 Å². The monoisotopic (exact) mass is 448 g/mol. The minimum atomic E-state index is -0.719. The predicted octanol–water partition coefficient (Wildman–Crippen LogP) is 3.38. The zero-order valence-corrected chi connectivity index (χ0v) is 20.2. The van der Waals surface area contributed by atoms with Crippen molar-refractivity contribution in [2.75, 3.05) is 11.9 Å². The molecule has 0 fully saturated rings. The number of hydrogen-bond acceptors (Lipinski definition) is 6. The highest BCUT2D eigenvalue weighted by molar-refractivity contribution is 5.96. The van der Waals surface area contributed by atoms with Crippen LogP contribution in [0, 0.1) is 5.41 Å². The number of Topliss-reactive ketones (excluding diaryl/α,β-unsaturated/α-hetero) is 1. The van der Waals surface area contributed by atoms with Gasteiger partial charge in [-0.3, -0.25) is 19.2 Å². The highest BCUT2D eigenvalue weighted by Gasteiger charge is 2.29. The summed E-state index contributed by atoms with van der Waals surface area (Å²) in [5.74, 6) is -0.914. The number of anilines is 1. The first-order valence-corrected chi connectivity index (χ1v) is 10.7. The molecule has 1 aromatic carbocycles. The van der Waals surface area contributed by atoms with Gasteiger partial charge in [0.1, 0.15) is 18.4 Å². The second-order valence-electron chi connectivity index (χ2n) is 9.24. The van der Waals surface area contributed by atoms with E-state index < -0.39 is 17.1 Å². The van der Waals surface area contributed by atoms with Crippen LogP contribution in [0.4, 0.5) is 5.69 Å². The summed E-state index contributed by atoms with van der Waals surface area (Å²) in [7, 11) is 0. The molecule has 0 aromatic heterocycles. The first-order valence-electron chi connectivity index (χ1n) is 10.7. The number of carbonyl (C=O) groups excluding carboxylic acids is 4. The van der Waals surface area contributed by atoms with E-state index in [4.69, 9.17) is 9.47 Å². The lowest BCUT2D eigenvalue weighted by atomic mass is 9.89. The van der Waals surface area contributed by atoms with Gasteiger partial charge >= 0.3 is 5.97 Å². The van der Waals surface area contributed by atoms with Crippen LogP contribution in [0.15, 0.2) is 24.3 Å². The second-order valence-corrected chi connectivity index (χ2v) is 9.24. The molecule has 0 aliphatic heterocycles. The molecule has 0 aliphatic rings. The molecule has 0 saturated carbocycles. The molecule has 0 unspecified atom stereocenters. The van der Waals surface area contributed by atoms with Crippen LogP contribution < -0.4 is 10.6 Å². The standard InChI is InChI=1S/C24H36N2O6/c1-16(22(30)26-20-10-8-19(9-11-20)14-31-18(3)28)25-21(29)12-13-24(6,7)32-15-23(4,5)17(2)27/h8-11,16H,12-15H2,1-7H3,(H,25,29)(H,26,30)/t16-/m0/s1. The number of esters is 1. The summed E-state index contributed by atoms with van der Waals surface area (Å²) in [6.07, 6.45) is 0.640. The number of nitrogens with one attached hydrogen (secondary N) is 2. The van der Waals surface area contributed by atoms with Crippen molar-refractivity contribution in [3.63, 3.8) is 0 Å². The Bertz CT molecular complexity index is 814. The molecule has 1 atom stereocenters. The Labute approximate surface area is 190 Å². The van der Waals surface area contributed by atoms with Gasteiger partial charge in [-0.25, -0.2) is 0 Å². The van der Waals surface area contributed by atoms with Crippen LogP contribution in [-0.4, -0.2) is 41.8 Å². The SMILES string of the molecule is CC(=O)OCc1ccc(NC(=O)[C@H](C)NC(=O)CCC(C)(C)OCC(C)(C)C(C)=O)cc1. The van der Waals surface area contributed by atoms with E-state index in [-0.39, 0.29) is 43.2 Å². The number of amides is 2. The van der Waals surface area contributed by atoms with Gasteiger partial charge in [0.25, 0.3) is 0 Å². The average molecular weight is 449 g/mol. The maximum absolute atomic E-state index is 12.4. The summed E-state index contributed by atoms with van der Waals surface area (Å²) in [6.45, 7) is 12.3. The number of ketones is 1. The first-order chi connectivity index (χ1) is 14.7. The van der Waals surface area contributed by atoms with Crippen LogP contribution in [0.25, 0.3) is 0 Å². The molecule has 0 saturated heterocycles. The molecule has 2 amide bonds. The van der Waals surface area contributed by atoms with E-state index in [0.717, 1.165) is 5.56 Å². The van der Waals surface area contributed by atoms with Gasteiger partial charge in [-0.05, 0) is 51.8 Å². The molecule has 0 bridgehead atoms. The van der Waals surface area contributed by atoms with Gasteiger partial charge in [0.15, 0.2) is 0 Å². The zero-order valence-electron chi connectivity index (χ0n) is 20.2. The van der Waals surface area contributed by atoms with Crippen LogP contribution in [0.1, 0.15) is 66.9 Å². The molecular weight excluding hydrogens is 412 g/mol. The van der Waals surface area contributed by atoms with E-state index >= 15 is 0 Å². The van der Waals surface area contributed by atoms with Gasteiger partial charge in [-0.15, -0.1) is 0 Å². The highest BCUT2D eigenvalue weighted by Crippen LogP contribution is 2.23. The fourth-order valence-corrected chi connectivity index (χ4v) is 2.46. The lowest BCUT2D eigenvalue weighted by Gasteiger charge is -2.30. The minimum Gasteiger partial charge on any atom is -0.461 e. The van der Waals surface area contributed by atoms with Crippen molar-refractivity contribution in [2.45, 2.75) is 79.6 Å². The van der Waals surface area contributed by atoms with Crippen molar-refractivity contribution in [3.8, 4) is 0 Å². The third-order valence-electron chi connectivity index (χ3n) is 5.17. The lowest BCUT2D eigenvalue weighted by molar-refractivity contribution is -0.142. The summed E-state index contributed by atoms with van der Waals surface area (Å²) in [4.78, 5) is 47.2. The van der Waals surface area contributed by atoms with Crippen LogP contribution in [0.3, 0.4) is 0 Å². The fraction of sp³-hybridized carbons (Fsp3) is 0.583. The van der Waals surface area contributed by atoms with E-state index in [9.17, 15) is 19.2 Å². The summed E-state index contributed by atoms with van der Waals surface area (Å²) in [6, 6.07) is 6.18. The number of hydrogen-bond donors (Lipinski definition) is 2. The number of carbonyl (C=O) groups is 4. The predicted molar refractivity (Wildman–Crippen MR) is 122 cm³/mol. The van der Waals surface area contributed by atoms with Crippen molar-refractivity contribution < 1.29 is 28.7 Å². The average Bonchev–Trinajstić information content (AvgIpc) is 2.70. The third kappa shape index (κ3) is 10.0. The zero-order chi connectivity index (χ0) is 24.5. The Morgan fingerprint density at radius 3 is 2.12 bits per heavy atom. The van der Waals surface area contributed by atoms with Crippen LogP contribution in [0.5, 0.6) is 0 Å². The highest BCUT2D eigenvalue weighted by atomic mass is 16.5. The van der Waals surface area contributed by atoms with Crippen LogP contribution in [0.2, 0.25) is 0 Å². The molecule has 2 N–H and O–H groups in total. The Morgan fingerprint density at radius 1 is 1.00 bits per heavy atom. The normalized spacial score (nSPS) is 12.6. The summed E-state index contributed by atoms with van der Waals surface area (Å²) in [5, 5.41) is 5.43. The molecule has 1 rings (SSSR count). The Balaban J connectivity index is 2.46. The van der Waals surface area contributed by atoms with E-state index in [2.05, 4.69) is 10.6 Å². The first kappa shape index (κ1) is 27.3. The molecule has 0 heterocycles. The van der Waals surface area contributed by atoms with E-state index in [1.54, 1.807) is 31.2 Å². The molecule has 0 aliphatic carbocycles. The molecule has 0 spiro atoms. The lowest BCUT2D eigenvalue weighted by Crippen LogP contribution is -2.42. The molecule has 178 valence electrons. The minimum absolute atomic E-state index is 0.0462. The molecule has 8 heteroatoms. The third-order valence-corrected chi connectivity index (χ3v) is 5.17. The molecule has 0 radical (unpaired) electrons. The van der Waals surface area contributed by atoms with Crippen molar-refractivity contribution in [3.05, 3.63) is 29.8 Å². The van der Waals surface area contributed by atoms with Gasteiger partial charge < -0.3 is 20.1 Å². The van der Waals surface area contributed by atoms with E-state index in [1.165, 1.54) is 13.8 Å². The summed E-state index contributed by atoms with van der Waals surface area (Å²) >= 11 is 0. The largest absolute Gasteiger partial charge is 0.461 e. The van der Waals surface area contributed by atoms with Gasteiger partial charge in [0.05, 0.1) is 12.2 Å². The topological polar surface area (TPSA) is 111 Å². The molecule has 1 aromatic rings. The maximum atomic E-state index is 12.4. The molecule has 8 nitrogen and oxygen atoms in total. The fourth-order valence-electron chi connectivity index (χ4n) is 2.46. The smallest absolute Gasteiger partial charge is 0.302 e. The summed E-state index contributed by atoms with van der Waals surface area (Å²) in [5.41, 5.74) is 0.218. The van der Waals surface area contributed by atoms with Crippen LogP contribution in [-0.2, 0) is 35.3 Å². The van der Waals surface area contributed by atoms with Crippen molar-refractivity contribution in [1.82, 2.24) is 5.32 Å². The maximum Gasteiger partial charge on any atom is 0.302 e. The van der Waals surface area contributed by atoms with Crippen LogP contribution >= 0.6 is 0 Å². The Kier molecular flexibility index (Phi) is 10.0. The van der Waals surface area contributed by atoms with Crippen molar-refractivity contribution >= 4 is 29.3 Å². The van der Waals surface area contributed by atoms with Gasteiger partial charge in [0, 0.05) is 24.4 Å².